The van der Waals surface area contributed by atoms with Crippen LogP contribution in [0, 0.1) is 12.8 Å². The molecule has 8 aromatic rings. The van der Waals surface area contributed by atoms with Gasteiger partial charge in [-0.15, -0.1) is 68.0 Å². The number of carboxylic acids is 1. The molecule has 4 atom stereocenters. The van der Waals surface area contributed by atoms with E-state index in [9.17, 15) is 38.7 Å². The van der Waals surface area contributed by atoms with Gasteiger partial charge in [-0.1, -0.05) is 44.2 Å². The number of aromatic nitrogens is 7. The molecule has 8 N–H and O–H groups in total. The van der Waals surface area contributed by atoms with E-state index < -0.39 is 72.4 Å². The first kappa shape index (κ1) is 59.8. The number of aliphatic hydroxyl groups is 1. The molecular formula is C53H53N13O11S6. The van der Waals surface area contributed by atoms with E-state index in [0.29, 0.717) is 81.5 Å². The third-order valence-corrected chi connectivity index (χ3v) is 18.2. The van der Waals surface area contributed by atoms with Crippen molar-refractivity contribution in [2.45, 2.75) is 77.3 Å². The topological polar surface area (TPSA) is 341 Å². The van der Waals surface area contributed by atoms with Crippen molar-refractivity contribution >= 4 is 115 Å². The van der Waals surface area contributed by atoms with Gasteiger partial charge >= 0.3 is 12.1 Å². The number of hydrogen-bond acceptors (Lipinski definition) is 23. The summed E-state index contributed by atoms with van der Waals surface area (Å²) in [5.41, 5.74) is 2.57. The van der Waals surface area contributed by atoms with Crippen molar-refractivity contribution in [2.75, 3.05) is 32.6 Å². The number of methoxy groups -OCH3 is 1. The van der Waals surface area contributed by atoms with E-state index in [-0.39, 0.29) is 59.9 Å². The van der Waals surface area contributed by atoms with Crippen molar-refractivity contribution in [3.63, 3.8) is 0 Å². The van der Waals surface area contributed by atoms with Gasteiger partial charge in [-0.05, 0) is 43.4 Å². The van der Waals surface area contributed by atoms with Gasteiger partial charge in [0.25, 0.3) is 17.7 Å². The Balaban J connectivity index is 1.10. The molecule has 0 saturated heterocycles. The molecule has 0 spiro atoms. The van der Waals surface area contributed by atoms with Gasteiger partial charge in [-0.2, -0.15) is 0 Å². The fraction of sp³-hybridized carbons (Fsp3) is 0.321. The zero-order chi connectivity index (χ0) is 58.9. The number of nitrogens with zero attached hydrogens (tertiary/aromatic N) is 7. The fourth-order valence-corrected chi connectivity index (χ4v) is 13.8. The molecule has 0 unspecified atom stereocenters. The predicted molar refractivity (Wildman–Crippen MR) is 313 cm³/mol. The van der Waals surface area contributed by atoms with Gasteiger partial charge in [0.1, 0.15) is 82.2 Å². The summed E-state index contributed by atoms with van der Waals surface area (Å²) >= 11 is 7.08. The highest BCUT2D eigenvalue weighted by atomic mass is 32.1. The van der Waals surface area contributed by atoms with Gasteiger partial charge in [-0.25, -0.2) is 39.7 Å². The highest BCUT2D eigenvalue weighted by Gasteiger charge is 2.33. The number of benzene rings is 1. The summed E-state index contributed by atoms with van der Waals surface area (Å²) in [6.45, 7) is 4.95. The van der Waals surface area contributed by atoms with Crippen LogP contribution in [0.15, 0.2) is 64.0 Å². The van der Waals surface area contributed by atoms with Gasteiger partial charge in [-0.3, -0.25) is 34.1 Å². The lowest BCUT2D eigenvalue weighted by Gasteiger charge is -2.23. The van der Waals surface area contributed by atoms with Crippen LogP contribution in [-0.4, -0.2) is 114 Å². The van der Waals surface area contributed by atoms with Crippen LogP contribution in [0.2, 0.25) is 0 Å². The van der Waals surface area contributed by atoms with Gasteiger partial charge in [0, 0.05) is 52.5 Å². The number of fused-ring (bicyclic) bond motifs is 14. The maximum atomic E-state index is 14.3. The molecule has 83 heavy (non-hydrogen) atoms. The Bertz CT molecular complexity index is 3690. The summed E-state index contributed by atoms with van der Waals surface area (Å²) < 4.78 is 10.7. The van der Waals surface area contributed by atoms with Crippen molar-refractivity contribution in [3.8, 4) is 43.4 Å². The molecule has 6 amide bonds. The number of unbranched alkanes of at least 4 members (excludes halogenated alkanes) is 1. The molecule has 432 valence electrons. The molecule has 1 aromatic carbocycles. The molecule has 10 bridgehead atoms. The van der Waals surface area contributed by atoms with Crippen molar-refractivity contribution in [1.82, 2.24) is 61.5 Å². The van der Waals surface area contributed by atoms with E-state index >= 15 is 0 Å². The number of nitrogens with one attached hydrogen (secondary N) is 6. The Morgan fingerprint density at radius 1 is 0.711 bits per heavy atom. The second-order valence-corrected chi connectivity index (χ2v) is 24.6. The van der Waals surface area contributed by atoms with Crippen molar-refractivity contribution < 1.29 is 53.2 Å². The molecule has 9 rings (SSSR count). The smallest absolute Gasteiger partial charge is 0.412 e. The Hall–Kier alpha value is -7.84. The van der Waals surface area contributed by atoms with Gasteiger partial charge in [0.2, 0.25) is 11.8 Å². The molecule has 24 nitrogen and oxygen atoms in total. The van der Waals surface area contributed by atoms with Crippen LogP contribution in [-0.2, 0) is 30.5 Å². The van der Waals surface area contributed by atoms with Gasteiger partial charge in [0.05, 0.1) is 48.8 Å². The van der Waals surface area contributed by atoms with Crippen LogP contribution in [0.5, 0.6) is 0 Å². The van der Waals surface area contributed by atoms with E-state index in [4.69, 9.17) is 34.5 Å². The molecule has 1 aliphatic rings. The Morgan fingerprint density at radius 2 is 1.43 bits per heavy atom. The summed E-state index contributed by atoms with van der Waals surface area (Å²) in [4.78, 5) is 127. The number of aliphatic carboxylic acids is 1. The SMILES string of the molecule is CNC(=O)C[C@@H]1NC(=O)c2csc(n2)-c2ccc(-c3nc(NC(=O)OCCCCC(=O)O)cs3)nc2-c2csc(n2)-c2csc(n2)[C@H]([C@@H](O)c2ccccc2)NC(=O)CNC(=O)c2nc(sc2COC)[C@@H](C(C)C)NC(=O)c2nc1sc2C. The number of aryl methyl sites for hydroxylation is 1. The summed E-state index contributed by atoms with van der Waals surface area (Å²) in [5, 5.41) is 46.4. The zero-order valence-corrected chi connectivity index (χ0v) is 49.7. The summed E-state index contributed by atoms with van der Waals surface area (Å²) in [5.74, 6) is -3.92. The minimum Gasteiger partial charge on any atom is -0.481 e. The second kappa shape index (κ2) is 27.0. The molecule has 0 fully saturated rings. The van der Waals surface area contributed by atoms with Crippen LogP contribution in [0.1, 0.15) is 126 Å². The fourth-order valence-electron chi connectivity index (χ4n) is 8.33. The monoisotopic (exact) mass is 1240 g/mol. The molecule has 8 heterocycles. The first-order valence-electron chi connectivity index (χ1n) is 25.6. The number of carbonyl (C=O) groups excluding carboxylic acids is 6. The van der Waals surface area contributed by atoms with Crippen molar-refractivity contribution in [1.29, 1.82) is 0 Å². The third-order valence-electron chi connectivity index (χ3n) is 12.5. The third kappa shape index (κ3) is 14.5. The van der Waals surface area contributed by atoms with E-state index in [1.165, 1.54) is 48.2 Å². The van der Waals surface area contributed by atoms with E-state index in [0.717, 1.165) is 34.0 Å². The molecular weight excluding hydrogens is 1190 g/mol. The maximum absolute atomic E-state index is 14.3. The lowest BCUT2D eigenvalue weighted by atomic mass is 10.0. The highest BCUT2D eigenvalue weighted by molar-refractivity contribution is 7.15. The van der Waals surface area contributed by atoms with Crippen LogP contribution < -0.4 is 31.9 Å². The number of rotatable bonds is 14. The number of anilines is 1. The van der Waals surface area contributed by atoms with Crippen LogP contribution in [0.4, 0.5) is 10.6 Å². The zero-order valence-electron chi connectivity index (χ0n) is 44.8. The average Bonchev–Trinajstić information content (AvgIpc) is 4.45. The lowest BCUT2D eigenvalue weighted by molar-refractivity contribution is -0.137. The molecule has 0 radical (unpaired) electrons. The van der Waals surface area contributed by atoms with Crippen molar-refractivity contribution in [2.24, 2.45) is 5.92 Å². The molecule has 0 saturated carbocycles. The largest absolute Gasteiger partial charge is 0.481 e. The Labute approximate surface area is 497 Å². The second-order valence-electron chi connectivity index (χ2n) is 18.8. The van der Waals surface area contributed by atoms with Crippen molar-refractivity contribution in [3.05, 3.63) is 111 Å². The predicted octanol–water partition coefficient (Wildman–Crippen LogP) is 8.12. The first-order chi connectivity index (χ1) is 40.0. The number of amides is 6. The van der Waals surface area contributed by atoms with E-state index in [1.807, 2.05) is 13.8 Å². The average molecular weight is 1240 g/mol. The molecule has 7 aromatic heterocycles. The van der Waals surface area contributed by atoms with E-state index in [2.05, 4.69) is 46.9 Å². The van der Waals surface area contributed by atoms with Crippen LogP contribution >= 0.6 is 68.0 Å². The Kier molecular flexibility index (Phi) is 19.5. The number of pyridine rings is 1. The first-order valence-corrected chi connectivity index (χ1v) is 30.7. The number of hydrogen-bond donors (Lipinski definition) is 8. The van der Waals surface area contributed by atoms with Crippen LogP contribution in [0.3, 0.4) is 0 Å². The molecule has 1 aliphatic heterocycles. The highest BCUT2D eigenvalue weighted by Crippen LogP contribution is 2.40. The number of ether oxygens (including phenoxy) is 2. The normalized spacial score (nSPS) is 16.3. The number of aliphatic hydroxyl groups excluding tert-OH is 1. The standard InChI is InChI=1S/C53H53N13O11S6/c1-24(2)38-52-66-41(33(83-52)19-76-5)45(73)55-18-36(68)63-42(43(71)26-11-7-6-8-12-26)51-60-32(22-80-51)49-58-30(20-79-49)40-27(14-15-28(56-40)48-61-34(23-81-48)62-53(75)77-16-10-9-13-37(69)70)47-59-31(21-78-47)44(72)57-29(17-35(67)54-4)50-65-39(25(3)82-50)46(74)64-38/h6-8,11-12,14-15,20-24,29,38,42-43,71H,9-10,13,16-19H2,1-5H3,(H,54,67)(H,55,73)(H,57,72)(H,62,75)(H,63,68)(H,64,74)(H,69,70)/t29-,38+,42-,43-/m0/s1. The van der Waals surface area contributed by atoms with Crippen LogP contribution in [0.25, 0.3) is 43.4 Å². The quantitative estimate of drug-likeness (QED) is 0.0476. The molecule has 0 aliphatic carbocycles. The number of thiazole rings is 6. The number of carbonyl (C=O) groups is 7. The number of carboxylic acid groups (broad SMARTS) is 1. The van der Waals surface area contributed by atoms with Gasteiger partial charge in [0.15, 0.2) is 0 Å². The van der Waals surface area contributed by atoms with E-state index in [1.54, 1.807) is 70.9 Å². The Morgan fingerprint density at radius 3 is 2.19 bits per heavy atom. The lowest BCUT2D eigenvalue weighted by Crippen LogP contribution is -2.40. The minimum absolute atomic E-state index is 0.00255. The summed E-state index contributed by atoms with van der Waals surface area (Å²) in [6.07, 6.45) is -1.61. The summed E-state index contributed by atoms with van der Waals surface area (Å²) in [7, 11) is 2.93. The molecule has 30 heteroatoms. The van der Waals surface area contributed by atoms with Gasteiger partial charge < -0.3 is 46.3 Å². The summed E-state index contributed by atoms with van der Waals surface area (Å²) in [6, 6.07) is 9.39. The minimum atomic E-state index is -1.28. The maximum Gasteiger partial charge on any atom is 0.412 e.